The van der Waals surface area contributed by atoms with Crippen LogP contribution in [0.25, 0.3) is 0 Å². The van der Waals surface area contributed by atoms with E-state index in [0.717, 1.165) is 23.3 Å². The highest BCUT2D eigenvalue weighted by Crippen LogP contribution is 2.48. The minimum atomic E-state index is -4.61. The van der Waals surface area contributed by atoms with Gasteiger partial charge < -0.3 is 35.6 Å². The molecule has 17 heteroatoms. The van der Waals surface area contributed by atoms with E-state index in [1.165, 1.54) is 14.1 Å². The highest BCUT2D eigenvalue weighted by atomic mass is 35.5. The van der Waals surface area contributed by atoms with Gasteiger partial charge in [-0.25, -0.2) is 4.79 Å². The molecule has 0 unspecified atom stereocenters. The molecule has 2 aromatic carbocycles. The Morgan fingerprint density at radius 2 is 1.57 bits per heavy atom. The Balaban J connectivity index is 1.50. The molecule has 252 valence electrons. The zero-order chi connectivity index (χ0) is 34.4. The molecule has 0 bridgehead atoms. The summed E-state index contributed by atoms with van der Waals surface area (Å²) >= 11 is 6.02. The van der Waals surface area contributed by atoms with Gasteiger partial charge in [-0.3, -0.25) is 9.59 Å². The van der Waals surface area contributed by atoms with Gasteiger partial charge in [0.1, 0.15) is 6.04 Å². The Kier molecular flexibility index (Phi) is 11.0. The Labute approximate surface area is 273 Å². The first kappa shape index (κ1) is 35.0. The van der Waals surface area contributed by atoms with Gasteiger partial charge >= 0.3 is 30.0 Å². The van der Waals surface area contributed by atoms with Gasteiger partial charge in [-0.05, 0) is 68.7 Å². The number of hydrogen-bond donors (Lipinski definition) is 4. The Morgan fingerprint density at radius 3 is 2.15 bits per heavy atom. The van der Waals surface area contributed by atoms with Crippen molar-refractivity contribution >= 4 is 52.7 Å². The van der Waals surface area contributed by atoms with Crippen LogP contribution in [0.3, 0.4) is 0 Å². The standard InChI is InChI=1S/C30H34ClF3N8O5/c1-17(2)47-25(45)22(15-35-23(43)24(44)42(3)4)36-20-9-11-21(12-10-20)37-26-38-27(40-28(39-26)46-16-30(32,33)34)41-29(13-14-29)18-5-7-19(31)8-6-18/h5-12,17,22,36H,13-16H2,1-4H3,(H,35,43)(H2,37,38,39,40,41)/t22-/m0/s1. The van der Waals surface area contributed by atoms with Gasteiger partial charge in [0.15, 0.2) is 6.61 Å². The first-order valence-electron chi connectivity index (χ1n) is 14.5. The monoisotopic (exact) mass is 678 g/mol. The first-order valence-corrected chi connectivity index (χ1v) is 14.8. The molecule has 4 rings (SSSR count). The van der Waals surface area contributed by atoms with Crippen molar-refractivity contribution in [2.24, 2.45) is 0 Å². The largest absolute Gasteiger partial charge is 0.461 e. The highest BCUT2D eigenvalue weighted by Gasteiger charge is 2.45. The zero-order valence-corrected chi connectivity index (χ0v) is 26.7. The topological polar surface area (TPSA) is 160 Å². The van der Waals surface area contributed by atoms with Crippen molar-refractivity contribution in [3.63, 3.8) is 0 Å². The van der Waals surface area contributed by atoms with Crippen molar-refractivity contribution in [3.8, 4) is 6.01 Å². The van der Waals surface area contributed by atoms with Crippen LogP contribution in [0.1, 0.15) is 32.3 Å². The molecule has 13 nitrogen and oxygen atoms in total. The third-order valence-corrected chi connectivity index (χ3v) is 6.92. The van der Waals surface area contributed by atoms with Crippen molar-refractivity contribution in [3.05, 3.63) is 59.1 Å². The lowest BCUT2D eigenvalue weighted by atomic mass is 10.1. The van der Waals surface area contributed by atoms with Gasteiger partial charge in [-0.15, -0.1) is 0 Å². The van der Waals surface area contributed by atoms with Crippen molar-refractivity contribution < 1.29 is 37.0 Å². The molecule has 1 aliphatic carbocycles. The molecule has 4 N–H and O–H groups in total. The Bertz CT molecular complexity index is 1570. The Hall–Kier alpha value is -4.86. The number of aromatic nitrogens is 3. The second-order valence-corrected chi connectivity index (χ2v) is 11.6. The summed E-state index contributed by atoms with van der Waals surface area (Å²) in [6.07, 6.45) is -3.57. The summed E-state index contributed by atoms with van der Waals surface area (Å²) < 4.78 is 48.8. The minimum absolute atomic E-state index is 0.00622. The number of amides is 2. The molecular weight excluding hydrogens is 645 g/mol. The normalized spacial score (nSPS) is 14.1. The maximum absolute atomic E-state index is 12.9. The summed E-state index contributed by atoms with van der Waals surface area (Å²) in [6.45, 7) is 1.52. The number of rotatable bonds is 13. The number of alkyl halides is 3. The van der Waals surface area contributed by atoms with Crippen molar-refractivity contribution in [2.75, 3.05) is 43.2 Å². The summed E-state index contributed by atoms with van der Waals surface area (Å²) in [5.41, 5.74) is 1.29. The number of carbonyl (C=O) groups is 3. The Morgan fingerprint density at radius 1 is 0.957 bits per heavy atom. The number of carbonyl (C=O) groups excluding carboxylic acids is 3. The molecule has 1 fully saturated rings. The SMILES string of the molecule is CC(C)OC(=O)[C@H](CNC(=O)C(=O)N(C)C)Nc1ccc(Nc2nc(NC3(c4ccc(Cl)cc4)CC3)nc(OCC(F)(F)F)n2)cc1. The average Bonchev–Trinajstić information content (AvgIpc) is 3.78. The van der Waals surface area contributed by atoms with E-state index < -0.39 is 54.3 Å². The lowest BCUT2D eigenvalue weighted by Gasteiger charge is -2.21. The predicted molar refractivity (Wildman–Crippen MR) is 167 cm³/mol. The van der Waals surface area contributed by atoms with Crippen molar-refractivity contribution in [1.82, 2.24) is 25.2 Å². The molecule has 47 heavy (non-hydrogen) atoms. The minimum Gasteiger partial charge on any atom is -0.461 e. The van der Waals surface area contributed by atoms with Crippen LogP contribution in [0.5, 0.6) is 6.01 Å². The summed E-state index contributed by atoms with van der Waals surface area (Å²) in [7, 11) is 2.85. The molecule has 3 aromatic rings. The molecule has 1 atom stereocenters. The number of nitrogens with one attached hydrogen (secondary N) is 4. The molecule has 0 aliphatic heterocycles. The van der Waals surface area contributed by atoms with E-state index in [0.29, 0.717) is 16.4 Å². The number of anilines is 4. The van der Waals surface area contributed by atoms with Crippen LogP contribution >= 0.6 is 11.6 Å². The quantitative estimate of drug-likeness (QED) is 0.151. The third-order valence-electron chi connectivity index (χ3n) is 6.66. The highest BCUT2D eigenvalue weighted by molar-refractivity contribution is 6.34. The van der Waals surface area contributed by atoms with Crippen LogP contribution in [0.2, 0.25) is 5.02 Å². The van der Waals surface area contributed by atoms with Crippen molar-refractivity contribution in [2.45, 2.75) is 50.6 Å². The van der Waals surface area contributed by atoms with E-state index in [1.807, 2.05) is 12.1 Å². The fourth-order valence-electron chi connectivity index (χ4n) is 4.23. The van der Waals surface area contributed by atoms with Crippen LogP contribution < -0.4 is 26.0 Å². The third kappa shape index (κ3) is 10.3. The van der Waals surface area contributed by atoms with Gasteiger partial charge in [-0.2, -0.15) is 28.1 Å². The average molecular weight is 679 g/mol. The molecule has 0 spiro atoms. The molecule has 0 saturated heterocycles. The van der Waals surface area contributed by atoms with Gasteiger partial charge in [0.25, 0.3) is 0 Å². The van der Waals surface area contributed by atoms with E-state index >= 15 is 0 Å². The fraction of sp³-hybridized carbons (Fsp3) is 0.400. The number of ether oxygens (including phenoxy) is 2. The summed E-state index contributed by atoms with van der Waals surface area (Å²) in [5, 5.41) is 12.1. The van der Waals surface area contributed by atoms with E-state index in [1.54, 1.807) is 50.2 Å². The van der Waals surface area contributed by atoms with Gasteiger partial charge in [0.05, 0.1) is 11.6 Å². The first-order chi connectivity index (χ1) is 22.1. The second kappa shape index (κ2) is 14.7. The lowest BCUT2D eigenvalue weighted by Crippen LogP contribution is -2.47. The maximum Gasteiger partial charge on any atom is 0.422 e. The van der Waals surface area contributed by atoms with Crippen LogP contribution in [0, 0.1) is 0 Å². The van der Waals surface area contributed by atoms with Gasteiger partial charge in [0.2, 0.25) is 11.9 Å². The summed E-state index contributed by atoms with van der Waals surface area (Å²) in [4.78, 5) is 50.2. The van der Waals surface area contributed by atoms with Gasteiger partial charge in [-0.1, -0.05) is 23.7 Å². The molecule has 1 saturated carbocycles. The summed E-state index contributed by atoms with van der Waals surface area (Å²) in [6, 6.07) is 12.0. The molecule has 1 aliphatic rings. The lowest BCUT2D eigenvalue weighted by molar-refractivity contribution is -0.154. The van der Waals surface area contributed by atoms with E-state index in [4.69, 9.17) is 21.1 Å². The zero-order valence-electron chi connectivity index (χ0n) is 25.9. The van der Waals surface area contributed by atoms with Crippen LogP contribution in [-0.4, -0.2) is 83.2 Å². The molecule has 1 heterocycles. The van der Waals surface area contributed by atoms with Crippen LogP contribution in [0.15, 0.2) is 48.5 Å². The van der Waals surface area contributed by atoms with Crippen LogP contribution in [0.4, 0.5) is 36.4 Å². The number of hydrogen-bond acceptors (Lipinski definition) is 11. The molecule has 1 aromatic heterocycles. The van der Waals surface area contributed by atoms with E-state index in [9.17, 15) is 27.6 Å². The number of halogens is 4. The van der Waals surface area contributed by atoms with E-state index in [2.05, 4.69) is 36.2 Å². The number of likely N-dealkylation sites (N-methyl/N-ethyl adjacent to an activating group) is 1. The summed E-state index contributed by atoms with van der Waals surface area (Å²) in [5.74, 6) is -2.39. The van der Waals surface area contributed by atoms with Crippen molar-refractivity contribution in [1.29, 1.82) is 0 Å². The molecule has 0 radical (unpaired) electrons. The number of esters is 1. The smallest absolute Gasteiger partial charge is 0.422 e. The fourth-order valence-corrected chi connectivity index (χ4v) is 4.36. The molecular formula is C30H34ClF3N8O5. The van der Waals surface area contributed by atoms with Crippen LogP contribution in [-0.2, 0) is 24.7 Å². The second-order valence-electron chi connectivity index (χ2n) is 11.2. The number of benzene rings is 2. The van der Waals surface area contributed by atoms with E-state index in [-0.39, 0.29) is 18.4 Å². The molecule has 2 amide bonds. The maximum atomic E-state index is 12.9. The number of nitrogens with zero attached hydrogens (tertiary/aromatic N) is 4. The van der Waals surface area contributed by atoms with Gasteiger partial charge in [0, 0.05) is 37.0 Å². The predicted octanol–water partition coefficient (Wildman–Crippen LogP) is 4.25.